The molecule has 0 atom stereocenters. The van der Waals surface area contributed by atoms with E-state index >= 15 is 0 Å². The highest BCUT2D eigenvalue weighted by Crippen LogP contribution is 2.35. The van der Waals surface area contributed by atoms with Crippen LogP contribution in [0.2, 0.25) is 0 Å². The number of amides is 1. The maximum absolute atomic E-state index is 13.0. The zero-order valence-corrected chi connectivity index (χ0v) is 17.4. The van der Waals surface area contributed by atoms with Gasteiger partial charge >= 0.3 is 0 Å². The van der Waals surface area contributed by atoms with Crippen molar-refractivity contribution in [1.29, 1.82) is 0 Å². The summed E-state index contributed by atoms with van der Waals surface area (Å²) < 4.78 is 13.0. The molecule has 140 valence electrons. The standard InChI is InChI=1S/C21H21FN2OS2/c1-13-9-14(2)20(15(3)10-13)24(16(4)25)21-23-18(12-27-21)11-26-19-7-5-17(22)6-8-19/h5-10,12H,11H2,1-4H3. The Kier molecular flexibility index (Phi) is 5.97. The fraction of sp³-hybridized carbons (Fsp3) is 0.238. The summed E-state index contributed by atoms with van der Waals surface area (Å²) in [6, 6.07) is 10.6. The van der Waals surface area contributed by atoms with Gasteiger partial charge in [-0.25, -0.2) is 9.37 Å². The second-order valence-corrected chi connectivity index (χ2v) is 8.35. The zero-order valence-electron chi connectivity index (χ0n) is 15.7. The molecular formula is C21H21FN2OS2. The van der Waals surface area contributed by atoms with E-state index in [4.69, 9.17) is 0 Å². The molecule has 1 amide bonds. The van der Waals surface area contributed by atoms with Crippen molar-refractivity contribution in [3.8, 4) is 0 Å². The monoisotopic (exact) mass is 400 g/mol. The predicted molar refractivity (Wildman–Crippen MR) is 112 cm³/mol. The van der Waals surface area contributed by atoms with Gasteiger partial charge in [0.2, 0.25) is 5.91 Å². The largest absolute Gasteiger partial charge is 0.274 e. The Balaban J connectivity index is 1.84. The van der Waals surface area contributed by atoms with Crippen molar-refractivity contribution in [3.05, 3.63) is 70.0 Å². The lowest BCUT2D eigenvalue weighted by Gasteiger charge is -2.23. The molecule has 0 fully saturated rings. The molecule has 0 N–H and O–H groups in total. The summed E-state index contributed by atoms with van der Waals surface area (Å²) in [4.78, 5) is 19.8. The summed E-state index contributed by atoms with van der Waals surface area (Å²) >= 11 is 3.05. The van der Waals surface area contributed by atoms with Crippen LogP contribution < -0.4 is 4.90 Å². The summed E-state index contributed by atoms with van der Waals surface area (Å²) in [6.45, 7) is 7.65. The van der Waals surface area contributed by atoms with Gasteiger partial charge in [0.15, 0.2) is 5.13 Å². The maximum atomic E-state index is 13.0. The lowest BCUT2D eigenvalue weighted by atomic mass is 10.0. The first kappa shape index (κ1) is 19.6. The van der Waals surface area contributed by atoms with Gasteiger partial charge in [-0.05, 0) is 56.2 Å². The number of nitrogens with zero attached hydrogens (tertiary/aromatic N) is 2. The number of halogens is 1. The number of carbonyl (C=O) groups is 1. The number of benzene rings is 2. The van der Waals surface area contributed by atoms with Crippen molar-refractivity contribution >= 4 is 39.8 Å². The van der Waals surface area contributed by atoms with Gasteiger partial charge in [0.1, 0.15) is 5.82 Å². The molecule has 0 saturated carbocycles. The summed E-state index contributed by atoms with van der Waals surface area (Å²) in [6.07, 6.45) is 0. The second kappa shape index (κ2) is 8.23. The fourth-order valence-corrected chi connectivity index (χ4v) is 4.84. The van der Waals surface area contributed by atoms with Crippen LogP contribution in [0, 0.1) is 26.6 Å². The molecule has 1 heterocycles. The third-order valence-corrected chi connectivity index (χ3v) is 6.03. The first-order valence-electron chi connectivity index (χ1n) is 8.56. The van der Waals surface area contributed by atoms with Crippen LogP contribution in [0.5, 0.6) is 0 Å². The zero-order chi connectivity index (χ0) is 19.6. The van der Waals surface area contributed by atoms with E-state index in [2.05, 4.69) is 24.0 Å². The van der Waals surface area contributed by atoms with Crippen LogP contribution in [0.3, 0.4) is 0 Å². The number of aryl methyl sites for hydroxylation is 3. The van der Waals surface area contributed by atoms with Crippen molar-refractivity contribution in [2.24, 2.45) is 0 Å². The Hall–Kier alpha value is -2.18. The Bertz CT molecular complexity index is 944. The smallest absolute Gasteiger partial charge is 0.230 e. The number of anilines is 2. The molecule has 3 rings (SSSR count). The van der Waals surface area contributed by atoms with Gasteiger partial charge in [-0.3, -0.25) is 9.69 Å². The van der Waals surface area contributed by atoms with Gasteiger partial charge in [0.25, 0.3) is 0 Å². The third-order valence-electron chi connectivity index (χ3n) is 4.11. The van der Waals surface area contributed by atoms with E-state index in [1.165, 1.54) is 29.0 Å². The van der Waals surface area contributed by atoms with Crippen LogP contribution in [0.25, 0.3) is 0 Å². The molecule has 1 aromatic heterocycles. The van der Waals surface area contributed by atoms with Gasteiger partial charge in [0.05, 0.1) is 11.4 Å². The van der Waals surface area contributed by atoms with E-state index in [-0.39, 0.29) is 11.7 Å². The van der Waals surface area contributed by atoms with E-state index in [1.54, 1.807) is 35.7 Å². The Labute approximate surface area is 167 Å². The summed E-state index contributed by atoms with van der Waals surface area (Å²) in [5.74, 6) is 0.369. The quantitative estimate of drug-likeness (QED) is 0.479. The van der Waals surface area contributed by atoms with Crippen molar-refractivity contribution in [2.75, 3.05) is 4.90 Å². The predicted octanol–water partition coefficient (Wildman–Crippen LogP) is 6.18. The molecule has 3 aromatic rings. The molecule has 6 heteroatoms. The van der Waals surface area contributed by atoms with Crippen LogP contribution in [-0.4, -0.2) is 10.9 Å². The van der Waals surface area contributed by atoms with E-state index < -0.39 is 0 Å². The van der Waals surface area contributed by atoms with E-state index in [1.807, 2.05) is 19.2 Å². The molecular weight excluding hydrogens is 379 g/mol. The first-order chi connectivity index (χ1) is 12.8. The average molecular weight is 401 g/mol. The highest BCUT2D eigenvalue weighted by atomic mass is 32.2. The van der Waals surface area contributed by atoms with Crippen LogP contribution in [0.15, 0.2) is 46.7 Å². The number of thioether (sulfide) groups is 1. The van der Waals surface area contributed by atoms with Gasteiger partial charge in [-0.1, -0.05) is 17.7 Å². The van der Waals surface area contributed by atoms with Crippen molar-refractivity contribution in [2.45, 2.75) is 38.3 Å². The lowest BCUT2D eigenvalue weighted by Crippen LogP contribution is -2.24. The van der Waals surface area contributed by atoms with Crippen LogP contribution in [0.4, 0.5) is 15.2 Å². The van der Waals surface area contributed by atoms with E-state index in [0.717, 1.165) is 27.4 Å². The van der Waals surface area contributed by atoms with Crippen LogP contribution in [0.1, 0.15) is 29.3 Å². The number of aromatic nitrogens is 1. The molecule has 0 unspecified atom stereocenters. The second-order valence-electron chi connectivity index (χ2n) is 6.47. The van der Waals surface area contributed by atoms with Gasteiger partial charge in [-0.15, -0.1) is 23.1 Å². The number of hydrogen-bond acceptors (Lipinski definition) is 4. The lowest BCUT2D eigenvalue weighted by molar-refractivity contribution is -0.115. The van der Waals surface area contributed by atoms with Crippen LogP contribution in [-0.2, 0) is 10.5 Å². The molecule has 0 aliphatic rings. The molecule has 27 heavy (non-hydrogen) atoms. The Morgan fingerprint density at radius 3 is 2.37 bits per heavy atom. The SMILES string of the molecule is CC(=O)N(c1nc(CSc2ccc(F)cc2)cs1)c1c(C)cc(C)cc1C. The average Bonchev–Trinajstić information content (AvgIpc) is 3.05. The van der Waals surface area contributed by atoms with E-state index in [0.29, 0.717) is 10.9 Å². The molecule has 0 radical (unpaired) electrons. The van der Waals surface area contributed by atoms with Gasteiger partial charge < -0.3 is 0 Å². The third kappa shape index (κ3) is 4.57. The number of rotatable bonds is 5. The Morgan fingerprint density at radius 2 is 1.78 bits per heavy atom. The molecule has 0 aliphatic carbocycles. The van der Waals surface area contributed by atoms with Gasteiger partial charge in [0, 0.05) is 23.0 Å². The molecule has 0 spiro atoms. The van der Waals surface area contributed by atoms with Crippen LogP contribution >= 0.6 is 23.1 Å². The number of carbonyl (C=O) groups excluding carboxylic acids is 1. The molecule has 3 nitrogen and oxygen atoms in total. The summed E-state index contributed by atoms with van der Waals surface area (Å²) in [5.41, 5.74) is 5.09. The minimum Gasteiger partial charge on any atom is -0.274 e. The highest BCUT2D eigenvalue weighted by molar-refractivity contribution is 7.98. The molecule has 0 bridgehead atoms. The highest BCUT2D eigenvalue weighted by Gasteiger charge is 2.21. The van der Waals surface area contributed by atoms with Crippen molar-refractivity contribution in [1.82, 2.24) is 4.98 Å². The Morgan fingerprint density at radius 1 is 1.15 bits per heavy atom. The minimum atomic E-state index is -0.240. The minimum absolute atomic E-state index is 0.0582. The fourth-order valence-electron chi connectivity index (χ4n) is 3.07. The first-order valence-corrected chi connectivity index (χ1v) is 10.4. The van der Waals surface area contributed by atoms with Gasteiger partial charge in [-0.2, -0.15) is 0 Å². The maximum Gasteiger partial charge on any atom is 0.230 e. The molecule has 2 aromatic carbocycles. The normalized spacial score (nSPS) is 10.9. The molecule has 0 saturated heterocycles. The number of thiazole rings is 1. The van der Waals surface area contributed by atoms with Crippen molar-refractivity contribution < 1.29 is 9.18 Å². The summed E-state index contributed by atoms with van der Waals surface area (Å²) in [7, 11) is 0. The molecule has 0 aliphatic heterocycles. The van der Waals surface area contributed by atoms with Crippen molar-refractivity contribution in [3.63, 3.8) is 0 Å². The number of hydrogen-bond donors (Lipinski definition) is 0. The summed E-state index contributed by atoms with van der Waals surface area (Å²) in [5, 5.41) is 2.65. The topological polar surface area (TPSA) is 33.2 Å². The van der Waals surface area contributed by atoms with E-state index in [9.17, 15) is 9.18 Å².